The molecule has 8 heteroatoms. The summed E-state index contributed by atoms with van der Waals surface area (Å²) in [6.45, 7) is 6.81. The Kier molecular flexibility index (Phi) is 5.71. The van der Waals surface area contributed by atoms with Crippen molar-refractivity contribution in [3.8, 4) is 5.69 Å². The van der Waals surface area contributed by atoms with Gasteiger partial charge < -0.3 is 4.90 Å². The van der Waals surface area contributed by atoms with Crippen molar-refractivity contribution >= 4 is 29.3 Å². The van der Waals surface area contributed by atoms with E-state index in [0.717, 1.165) is 43.3 Å². The molecule has 4 rings (SSSR count). The van der Waals surface area contributed by atoms with Crippen LogP contribution in [0.5, 0.6) is 0 Å². The highest BCUT2D eigenvalue weighted by molar-refractivity contribution is 7.99. The predicted molar refractivity (Wildman–Crippen MR) is 108 cm³/mol. The van der Waals surface area contributed by atoms with Crippen molar-refractivity contribution in [1.29, 1.82) is 0 Å². The number of nitrogens with zero attached hydrogens (tertiary/aromatic N) is 5. The second kappa shape index (κ2) is 8.20. The summed E-state index contributed by atoms with van der Waals surface area (Å²) in [5.41, 5.74) is 1.93. The fourth-order valence-corrected chi connectivity index (χ4v) is 4.30. The van der Waals surface area contributed by atoms with Crippen LogP contribution in [0.1, 0.15) is 18.4 Å². The number of carbonyl (C=O) groups is 1. The normalized spacial score (nSPS) is 18.1. The van der Waals surface area contributed by atoms with Crippen LogP contribution >= 0.6 is 23.4 Å². The summed E-state index contributed by atoms with van der Waals surface area (Å²) in [4.78, 5) is 17.1. The summed E-state index contributed by atoms with van der Waals surface area (Å²) in [5, 5.41) is 9.58. The van der Waals surface area contributed by atoms with Crippen molar-refractivity contribution in [3.05, 3.63) is 35.1 Å². The minimum absolute atomic E-state index is 0.169. The third kappa shape index (κ3) is 4.65. The predicted octanol–water partition coefficient (Wildman–Crippen LogP) is 2.88. The Bertz CT molecular complexity index is 814. The number of hydrogen-bond donors (Lipinski definition) is 0. The maximum Gasteiger partial charge on any atom is 0.233 e. The first-order chi connectivity index (χ1) is 13.1. The van der Waals surface area contributed by atoms with Gasteiger partial charge in [-0.05, 0) is 43.4 Å². The Balaban J connectivity index is 1.32. The first kappa shape index (κ1) is 18.8. The Morgan fingerprint density at radius 3 is 2.74 bits per heavy atom. The Labute approximate surface area is 168 Å². The summed E-state index contributed by atoms with van der Waals surface area (Å²) in [6, 6.07) is 5.85. The Morgan fingerprint density at radius 1 is 1.26 bits per heavy atom. The Morgan fingerprint density at radius 2 is 2.04 bits per heavy atom. The lowest BCUT2D eigenvalue weighted by molar-refractivity contribution is -0.130. The van der Waals surface area contributed by atoms with Crippen LogP contribution in [0.3, 0.4) is 0 Å². The van der Waals surface area contributed by atoms with E-state index in [-0.39, 0.29) is 5.91 Å². The van der Waals surface area contributed by atoms with Gasteiger partial charge in [0.15, 0.2) is 5.16 Å². The standard InChI is InChI=1S/C19H24ClN5OS/c1-14-2-5-16(10-17(14)20)25-13-21-22-19(25)27-12-18(26)24-8-6-23(7-9-24)11-15-3-4-15/h2,5,10,13,15H,3-4,6-9,11-12H2,1H3. The van der Waals surface area contributed by atoms with E-state index < -0.39 is 0 Å². The van der Waals surface area contributed by atoms with Gasteiger partial charge in [0.2, 0.25) is 5.91 Å². The van der Waals surface area contributed by atoms with Gasteiger partial charge >= 0.3 is 0 Å². The van der Waals surface area contributed by atoms with Crippen molar-refractivity contribution in [2.75, 3.05) is 38.5 Å². The van der Waals surface area contributed by atoms with Crippen LogP contribution in [-0.4, -0.2) is 68.9 Å². The molecule has 144 valence electrons. The van der Waals surface area contributed by atoms with Crippen molar-refractivity contribution in [1.82, 2.24) is 24.6 Å². The molecule has 27 heavy (non-hydrogen) atoms. The lowest BCUT2D eigenvalue weighted by Crippen LogP contribution is -2.49. The lowest BCUT2D eigenvalue weighted by atomic mass is 10.2. The van der Waals surface area contributed by atoms with Gasteiger partial charge in [0.05, 0.1) is 11.4 Å². The van der Waals surface area contributed by atoms with E-state index in [1.807, 2.05) is 34.6 Å². The fourth-order valence-electron chi connectivity index (χ4n) is 3.29. The van der Waals surface area contributed by atoms with Crippen molar-refractivity contribution in [2.45, 2.75) is 24.9 Å². The van der Waals surface area contributed by atoms with Gasteiger partial charge in [0, 0.05) is 37.7 Å². The van der Waals surface area contributed by atoms with Gasteiger partial charge in [0.1, 0.15) is 6.33 Å². The highest BCUT2D eigenvalue weighted by Crippen LogP contribution is 2.30. The largest absolute Gasteiger partial charge is 0.339 e. The number of carbonyl (C=O) groups excluding carboxylic acids is 1. The SMILES string of the molecule is Cc1ccc(-n2cnnc2SCC(=O)N2CCN(CC3CC3)CC2)cc1Cl. The van der Waals surface area contributed by atoms with Crippen LogP contribution in [0.25, 0.3) is 5.69 Å². The molecule has 0 spiro atoms. The topological polar surface area (TPSA) is 54.3 Å². The number of rotatable bonds is 6. The molecule has 1 saturated heterocycles. The van der Waals surface area contributed by atoms with E-state index in [4.69, 9.17) is 11.6 Å². The molecule has 0 bridgehead atoms. The highest BCUT2D eigenvalue weighted by atomic mass is 35.5. The average molecular weight is 406 g/mol. The van der Waals surface area contributed by atoms with Gasteiger partial charge in [-0.2, -0.15) is 0 Å². The number of aryl methyl sites for hydroxylation is 1. The number of amides is 1. The lowest BCUT2D eigenvalue weighted by Gasteiger charge is -2.34. The smallest absolute Gasteiger partial charge is 0.233 e. The maximum absolute atomic E-state index is 12.6. The summed E-state index contributed by atoms with van der Waals surface area (Å²) < 4.78 is 1.87. The first-order valence-corrected chi connectivity index (χ1v) is 10.8. The molecular formula is C19H24ClN5OS. The number of benzene rings is 1. The van der Waals surface area contributed by atoms with E-state index >= 15 is 0 Å². The highest BCUT2D eigenvalue weighted by Gasteiger charge is 2.27. The molecule has 0 N–H and O–H groups in total. The molecule has 1 aliphatic carbocycles. The molecule has 6 nitrogen and oxygen atoms in total. The zero-order valence-corrected chi connectivity index (χ0v) is 17.0. The minimum atomic E-state index is 0.169. The van der Waals surface area contributed by atoms with Crippen LogP contribution in [0.15, 0.2) is 29.7 Å². The quantitative estimate of drug-likeness (QED) is 0.691. The van der Waals surface area contributed by atoms with Gasteiger partial charge in [-0.15, -0.1) is 10.2 Å². The number of halogens is 1. The van der Waals surface area contributed by atoms with Crippen LogP contribution in [0, 0.1) is 12.8 Å². The first-order valence-electron chi connectivity index (χ1n) is 9.39. The third-order valence-corrected chi connectivity index (χ3v) is 6.55. The van der Waals surface area contributed by atoms with E-state index in [1.165, 1.54) is 31.1 Å². The van der Waals surface area contributed by atoms with Crippen molar-refractivity contribution < 1.29 is 4.79 Å². The molecule has 1 aromatic carbocycles. The van der Waals surface area contributed by atoms with Gasteiger partial charge in [-0.3, -0.25) is 14.3 Å². The third-order valence-electron chi connectivity index (χ3n) is 5.21. The molecule has 1 aromatic heterocycles. The van der Waals surface area contributed by atoms with Crippen LogP contribution in [-0.2, 0) is 4.79 Å². The minimum Gasteiger partial charge on any atom is -0.339 e. The summed E-state index contributed by atoms with van der Waals surface area (Å²) >= 11 is 7.66. The molecular weight excluding hydrogens is 382 g/mol. The average Bonchev–Trinajstić information content (AvgIpc) is 3.36. The fraction of sp³-hybridized carbons (Fsp3) is 0.526. The Hall–Kier alpha value is -1.57. The second-order valence-corrected chi connectivity index (χ2v) is 8.68. The molecule has 1 amide bonds. The molecule has 1 aliphatic heterocycles. The molecule has 0 unspecified atom stereocenters. The molecule has 0 atom stereocenters. The van der Waals surface area contributed by atoms with Crippen molar-refractivity contribution in [3.63, 3.8) is 0 Å². The number of thioether (sulfide) groups is 1. The second-order valence-electron chi connectivity index (χ2n) is 7.33. The van der Waals surface area contributed by atoms with Gasteiger partial charge in [-0.1, -0.05) is 29.4 Å². The van der Waals surface area contributed by atoms with Crippen LogP contribution in [0.4, 0.5) is 0 Å². The molecule has 2 fully saturated rings. The monoisotopic (exact) mass is 405 g/mol. The van der Waals surface area contributed by atoms with E-state index in [9.17, 15) is 4.79 Å². The van der Waals surface area contributed by atoms with Gasteiger partial charge in [-0.25, -0.2) is 0 Å². The summed E-state index contributed by atoms with van der Waals surface area (Å²) in [5.74, 6) is 1.45. The molecule has 2 heterocycles. The number of piperazine rings is 1. The zero-order chi connectivity index (χ0) is 18.8. The molecule has 2 aromatic rings. The van der Waals surface area contributed by atoms with Crippen LogP contribution < -0.4 is 0 Å². The van der Waals surface area contributed by atoms with Gasteiger partial charge in [0.25, 0.3) is 0 Å². The van der Waals surface area contributed by atoms with E-state index in [1.54, 1.807) is 6.33 Å². The summed E-state index contributed by atoms with van der Waals surface area (Å²) in [6.07, 6.45) is 4.41. The van der Waals surface area contributed by atoms with E-state index in [0.29, 0.717) is 15.9 Å². The zero-order valence-electron chi connectivity index (χ0n) is 15.5. The number of aromatic nitrogens is 3. The van der Waals surface area contributed by atoms with E-state index in [2.05, 4.69) is 15.1 Å². The molecule has 2 aliphatic rings. The van der Waals surface area contributed by atoms with Crippen LogP contribution in [0.2, 0.25) is 5.02 Å². The number of hydrogen-bond acceptors (Lipinski definition) is 5. The maximum atomic E-state index is 12.6. The van der Waals surface area contributed by atoms with Crippen molar-refractivity contribution in [2.24, 2.45) is 5.92 Å². The molecule has 1 saturated carbocycles. The molecule has 0 radical (unpaired) electrons. The summed E-state index contributed by atoms with van der Waals surface area (Å²) in [7, 11) is 0.